The molecule has 3 heterocycles. The maximum absolute atomic E-state index is 12.9. The molecule has 0 aromatic rings. The highest BCUT2D eigenvalue weighted by Crippen LogP contribution is 2.22. The highest BCUT2D eigenvalue weighted by Gasteiger charge is 2.43. The Morgan fingerprint density at radius 1 is 0.800 bits per heavy atom. The SMILES string of the molecule is O=C(C(=O)N1C(=O)CSCC1C(=O)N1CCCCC1)N1CCCCC1. The third-order valence-electron chi connectivity index (χ3n) is 5.08. The molecule has 0 N–H and O–H groups in total. The van der Waals surface area contributed by atoms with Crippen LogP contribution < -0.4 is 0 Å². The van der Waals surface area contributed by atoms with E-state index in [9.17, 15) is 19.2 Å². The Morgan fingerprint density at radius 3 is 1.96 bits per heavy atom. The lowest BCUT2D eigenvalue weighted by atomic mass is 10.1. The molecule has 3 aliphatic rings. The standard InChI is InChI=1S/C17H25N3O4S/c21-14-12-25-11-13(15(22)18-7-3-1-4-8-18)20(14)17(24)16(23)19-9-5-2-6-10-19/h13H,1-12H2. The predicted molar refractivity (Wildman–Crippen MR) is 93.8 cm³/mol. The summed E-state index contributed by atoms with van der Waals surface area (Å²) in [7, 11) is 0. The molecule has 3 rings (SSSR count). The summed E-state index contributed by atoms with van der Waals surface area (Å²) in [6.07, 6.45) is 5.78. The lowest BCUT2D eigenvalue weighted by Gasteiger charge is -2.37. The van der Waals surface area contributed by atoms with Crippen molar-refractivity contribution in [1.29, 1.82) is 0 Å². The van der Waals surface area contributed by atoms with Crippen LogP contribution in [0, 0.1) is 0 Å². The van der Waals surface area contributed by atoms with Gasteiger partial charge in [-0.25, -0.2) is 0 Å². The quantitative estimate of drug-likeness (QED) is 0.630. The molecule has 138 valence electrons. The molecule has 0 aromatic heterocycles. The smallest absolute Gasteiger partial charge is 0.319 e. The van der Waals surface area contributed by atoms with Crippen molar-refractivity contribution in [1.82, 2.24) is 14.7 Å². The first-order valence-electron chi connectivity index (χ1n) is 9.11. The van der Waals surface area contributed by atoms with Crippen molar-refractivity contribution in [2.45, 2.75) is 44.6 Å². The minimum absolute atomic E-state index is 0.142. The third kappa shape index (κ3) is 3.99. The zero-order chi connectivity index (χ0) is 17.8. The van der Waals surface area contributed by atoms with Crippen molar-refractivity contribution in [3.63, 3.8) is 0 Å². The number of hydrogen-bond acceptors (Lipinski definition) is 5. The van der Waals surface area contributed by atoms with Gasteiger partial charge in [-0.3, -0.25) is 24.1 Å². The average Bonchev–Trinajstić information content (AvgIpc) is 2.67. The largest absolute Gasteiger partial charge is 0.341 e. The maximum atomic E-state index is 12.9. The predicted octanol–water partition coefficient (Wildman–Crippen LogP) is 0.482. The number of imide groups is 1. The van der Waals surface area contributed by atoms with Crippen LogP contribution in [0.25, 0.3) is 0 Å². The second-order valence-electron chi connectivity index (χ2n) is 6.84. The topological polar surface area (TPSA) is 78.0 Å². The molecule has 25 heavy (non-hydrogen) atoms. The first kappa shape index (κ1) is 18.2. The van der Waals surface area contributed by atoms with E-state index >= 15 is 0 Å². The molecular formula is C17H25N3O4S. The average molecular weight is 367 g/mol. The number of thioether (sulfide) groups is 1. The van der Waals surface area contributed by atoms with Crippen LogP contribution in [0.15, 0.2) is 0 Å². The molecule has 7 nitrogen and oxygen atoms in total. The van der Waals surface area contributed by atoms with Gasteiger partial charge in [-0.1, -0.05) is 0 Å². The van der Waals surface area contributed by atoms with Gasteiger partial charge in [0.25, 0.3) is 0 Å². The van der Waals surface area contributed by atoms with E-state index in [1.807, 2.05) is 0 Å². The summed E-state index contributed by atoms with van der Waals surface area (Å²) < 4.78 is 0. The molecule has 0 spiro atoms. The summed E-state index contributed by atoms with van der Waals surface area (Å²) in [4.78, 5) is 54.7. The molecule has 0 aliphatic carbocycles. The highest BCUT2D eigenvalue weighted by molar-refractivity contribution is 8.00. The molecule has 4 amide bonds. The van der Waals surface area contributed by atoms with E-state index in [1.165, 1.54) is 16.7 Å². The number of likely N-dealkylation sites (tertiary alicyclic amines) is 2. The van der Waals surface area contributed by atoms with Crippen molar-refractivity contribution in [2.75, 3.05) is 37.7 Å². The van der Waals surface area contributed by atoms with E-state index in [1.54, 1.807) is 4.90 Å². The van der Waals surface area contributed by atoms with Gasteiger partial charge in [0.2, 0.25) is 11.8 Å². The van der Waals surface area contributed by atoms with Gasteiger partial charge in [0, 0.05) is 31.9 Å². The number of rotatable bonds is 1. The normalized spacial score (nSPS) is 25.0. The Morgan fingerprint density at radius 2 is 1.36 bits per heavy atom. The zero-order valence-corrected chi connectivity index (χ0v) is 15.3. The van der Waals surface area contributed by atoms with E-state index in [2.05, 4.69) is 0 Å². The Balaban J connectivity index is 1.74. The fourth-order valence-electron chi connectivity index (χ4n) is 3.67. The number of piperidine rings is 2. The van der Waals surface area contributed by atoms with Gasteiger partial charge in [-0.05, 0) is 38.5 Å². The summed E-state index contributed by atoms with van der Waals surface area (Å²) >= 11 is 1.36. The molecular weight excluding hydrogens is 342 g/mol. The van der Waals surface area contributed by atoms with Crippen molar-refractivity contribution >= 4 is 35.4 Å². The molecule has 3 fully saturated rings. The number of nitrogens with zero attached hydrogens (tertiary/aromatic N) is 3. The van der Waals surface area contributed by atoms with E-state index in [4.69, 9.17) is 0 Å². The Kier molecular flexibility index (Phi) is 5.98. The van der Waals surface area contributed by atoms with Crippen LogP contribution in [0.1, 0.15) is 38.5 Å². The van der Waals surface area contributed by atoms with Gasteiger partial charge in [0.05, 0.1) is 5.75 Å². The Bertz CT molecular complexity index is 556. The number of carbonyl (C=O) groups excluding carboxylic acids is 4. The van der Waals surface area contributed by atoms with Gasteiger partial charge < -0.3 is 9.80 Å². The van der Waals surface area contributed by atoms with Crippen LogP contribution in [-0.4, -0.2) is 82.1 Å². The second kappa shape index (κ2) is 8.21. The fourth-order valence-corrected chi connectivity index (χ4v) is 4.62. The van der Waals surface area contributed by atoms with Gasteiger partial charge in [-0.2, -0.15) is 0 Å². The molecule has 1 unspecified atom stereocenters. The lowest BCUT2D eigenvalue weighted by Crippen LogP contribution is -2.61. The van der Waals surface area contributed by atoms with Gasteiger partial charge >= 0.3 is 11.8 Å². The van der Waals surface area contributed by atoms with Crippen molar-refractivity contribution in [3.05, 3.63) is 0 Å². The van der Waals surface area contributed by atoms with Gasteiger partial charge in [0.1, 0.15) is 6.04 Å². The van der Waals surface area contributed by atoms with E-state index in [0.717, 1.165) is 43.4 Å². The first-order valence-corrected chi connectivity index (χ1v) is 10.3. The monoisotopic (exact) mass is 367 g/mol. The molecule has 1 atom stereocenters. The van der Waals surface area contributed by atoms with Gasteiger partial charge in [-0.15, -0.1) is 11.8 Å². The summed E-state index contributed by atoms with van der Waals surface area (Å²) in [5, 5.41) is 0. The first-order chi connectivity index (χ1) is 12.1. The fraction of sp³-hybridized carbons (Fsp3) is 0.765. The minimum Gasteiger partial charge on any atom is -0.341 e. The molecule has 0 aromatic carbocycles. The van der Waals surface area contributed by atoms with Crippen LogP contribution in [0.5, 0.6) is 0 Å². The van der Waals surface area contributed by atoms with Crippen molar-refractivity contribution in [3.8, 4) is 0 Å². The van der Waals surface area contributed by atoms with E-state index in [-0.39, 0.29) is 11.7 Å². The van der Waals surface area contributed by atoms with Crippen LogP contribution >= 0.6 is 11.8 Å². The van der Waals surface area contributed by atoms with E-state index in [0.29, 0.717) is 31.9 Å². The second-order valence-corrected chi connectivity index (χ2v) is 7.87. The Hall–Kier alpha value is -1.57. The summed E-state index contributed by atoms with van der Waals surface area (Å²) in [6, 6.07) is -0.842. The number of amides is 4. The molecule has 0 bridgehead atoms. The maximum Gasteiger partial charge on any atom is 0.319 e. The Labute approximate surface area is 152 Å². The third-order valence-corrected chi connectivity index (χ3v) is 6.08. The minimum atomic E-state index is -0.842. The molecule has 0 radical (unpaired) electrons. The number of hydrogen-bond donors (Lipinski definition) is 0. The summed E-state index contributed by atoms with van der Waals surface area (Å²) in [5.41, 5.74) is 0. The van der Waals surface area contributed by atoms with Crippen LogP contribution in [-0.2, 0) is 19.2 Å². The van der Waals surface area contributed by atoms with Crippen LogP contribution in [0.3, 0.4) is 0 Å². The molecule has 3 aliphatic heterocycles. The van der Waals surface area contributed by atoms with Crippen molar-refractivity contribution < 1.29 is 19.2 Å². The number of carbonyl (C=O) groups is 4. The molecule has 8 heteroatoms. The van der Waals surface area contributed by atoms with Gasteiger partial charge in [0.15, 0.2) is 0 Å². The van der Waals surface area contributed by atoms with Crippen molar-refractivity contribution in [2.24, 2.45) is 0 Å². The molecule has 0 saturated carbocycles. The van der Waals surface area contributed by atoms with E-state index < -0.39 is 23.8 Å². The van der Waals surface area contributed by atoms with Crippen LogP contribution in [0.2, 0.25) is 0 Å². The summed E-state index contributed by atoms with van der Waals surface area (Å²) in [6.45, 7) is 2.42. The molecule has 3 saturated heterocycles. The lowest BCUT2D eigenvalue weighted by molar-refractivity contribution is -0.161. The van der Waals surface area contributed by atoms with Crippen LogP contribution in [0.4, 0.5) is 0 Å². The summed E-state index contributed by atoms with van der Waals surface area (Å²) in [5.74, 6) is -1.58. The zero-order valence-electron chi connectivity index (χ0n) is 14.4. The highest BCUT2D eigenvalue weighted by atomic mass is 32.2.